The third-order valence-corrected chi connectivity index (χ3v) is 21.3. The van der Waals surface area contributed by atoms with E-state index in [0.717, 1.165) is 38.8 Å². The summed E-state index contributed by atoms with van der Waals surface area (Å²) >= 11 is 0. The van der Waals surface area contributed by atoms with Gasteiger partial charge in [-0.15, -0.1) is 0 Å². The van der Waals surface area contributed by atoms with Crippen LogP contribution in [0.15, 0.2) is 278 Å². The van der Waals surface area contributed by atoms with Gasteiger partial charge in [0.25, 0.3) is 0 Å². The molecule has 4 unspecified atom stereocenters. The summed E-state index contributed by atoms with van der Waals surface area (Å²) in [6, 6.07) is 86.4. The minimum atomic E-state index is -10.7. The average Bonchev–Trinajstić information content (AvgIpc) is 1.58. The first-order valence-electron chi connectivity index (χ1n) is 34.7. The van der Waals surface area contributed by atoms with Crippen LogP contribution in [-0.4, -0.2) is 47.8 Å². The first-order valence-corrected chi connectivity index (χ1v) is 38.7. The molecule has 4 aliphatic heterocycles. The average molecular weight is 1460 g/mol. The molecule has 0 radical (unpaired) electrons. The van der Waals surface area contributed by atoms with E-state index in [0.29, 0.717) is 0 Å². The predicted molar refractivity (Wildman–Crippen MR) is 409 cm³/mol. The predicted octanol–water partition coefficient (Wildman–Crippen LogP) is 26.5. The van der Waals surface area contributed by atoms with Crippen LogP contribution in [-0.2, 0) is 47.3 Å². The van der Waals surface area contributed by atoms with Crippen molar-refractivity contribution in [3.8, 4) is 0 Å². The van der Waals surface area contributed by atoms with E-state index in [4.69, 9.17) is 0 Å². The second kappa shape index (κ2) is 25.0. The number of halogens is 12. The minimum absolute atomic E-state index is 0.263. The first kappa shape index (κ1) is 72.7. The van der Waals surface area contributed by atoms with Gasteiger partial charge in [0.15, 0.2) is 11.4 Å². The standard InChI is InChI=1S/C86H80N4.2F6P/c1-9-89-73-53-49-65-33-19-23-37-69(65)81(73)85(5,55-59-27-13-11-14-28-59)77(89)41-25-39-75-83(3,79-67-35-21-17-31-63(67)47-51-71(79)87(75)7)57-61-43-45-62(46-44-61)58-84(4)76(88(8)72-52-48-64-32-18-22-36-68(64)80(72)84)40-26-42-78-86(6,56-60-29-15-12-16-30-60)82-70-38-24-20-34-66(70)50-54-74(82)90(78)10-2;2*1-7(2,3,4,5)6/h11-54H,9-10,55-58H2,1-8H3;;/q+2;2*-1. The zero-order valence-corrected chi connectivity index (χ0v) is 60.7. The molecule has 0 aromatic heterocycles. The van der Waals surface area contributed by atoms with Crippen molar-refractivity contribution in [2.24, 2.45) is 0 Å². The molecule has 0 N–H and O–H groups in total. The van der Waals surface area contributed by atoms with Crippen LogP contribution in [0.4, 0.5) is 73.1 Å². The Bertz CT molecular complexity index is 5080. The number of nitrogens with zero attached hydrogens (tertiary/aromatic N) is 4. The zero-order valence-electron chi connectivity index (χ0n) is 58.9. The van der Waals surface area contributed by atoms with Crippen molar-refractivity contribution in [2.75, 3.05) is 37.0 Å². The molecule has 15 rings (SSSR count). The summed E-state index contributed by atoms with van der Waals surface area (Å²) in [6.45, 7) is 16.3. The van der Waals surface area contributed by atoms with Gasteiger partial charge in [-0.05, 0) is 180 Å². The number of hydrogen-bond acceptors (Lipinski definition) is 2. The van der Waals surface area contributed by atoms with Crippen LogP contribution in [0.2, 0.25) is 0 Å². The quantitative estimate of drug-likeness (QED) is 0.0611. The fourth-order valence-corrected chi connectivity index (χ4v) is 17.3. The van der Waals surface area contributed by atoms with Crippen LogP contribution in [0.5, 0.6) is 0 Å². The van der Waals surface area contributed by atoms with E-state index in [1.807, 2.05) is 0 Å². The van der Waals surface area contributed by atoms with Crippen LogP contribution >= 0.6 is 15.6 Å². The topological polar surface area (TPSA) is 12.5 Å². The number of fused-ring (bicyclic) bond motifs is 12. The van der Waals surface area contributed by atoms with Gasteiger partial charge >= 0.3 is 66.0 Å². The fraction of sp³-hybridized carbons (Fsp3) is 0.209. The molecular formula is C86H80F12N4P2. The van der Waals surface area contributed by atoms with Gasteiger partial charge in [-0.2, -0.15) is 9.15 Å². The Labute approximate surface area is 598 Å². The molecule has 4 aliphatic rings. The van der Waals surface area contributed by atoms with Crippen molar-refractivity contribution in [1.29, 1.82) is 0 Å². The summed E-state index contributed by atoms with van der Waals surface area (Å²) in [5, 5.41) is 10.4. The van der Waals surface area contributed by atoms with Crippen LogP contribution in [0.1, 0.15) is 86.1 Å². The van der Waals surface area contributed by atoms with Crippen molar-refractivity contribution in [3.05, 3.63) is 323 Å². The van der Waals surface area contributed by atoms with E-state index in [1.165, 1.54) is 133 Å². The number of hydrogen-bond donors (Lipinski definition) is 0. The second-order valence-electron chi connectivity index (χ2n) is 28.7. The molecule has 104 heavy (non-hydrogen) atoms. The Morgan fingerprint density at radius 3 is 0.885 bits per heavy atom. The molecular weight excluding hydrogens is 1380 g/mol. The number of likely N-dealkylation sites (N-methyl/N-ethyl adjacent to an activating group) is 2. The summed E-state index contributed by atoms with van der Waals surface area (Å²) in [5.74, 6) is 0. The first-order chi connectivity index (χ1) is 48.7. The zero-order chi connectivity index (χ0) is 74.3. The van der Waals surface area contributed by atoms with Gasteiger partial charge in [-0.1, -0.05) is 206 Å². The van der Waals surface area contributed by atoms with E-state index in [1.54, 1.807) is 0 Å². The van der Waals surface area contributed by atoms with E-state index in [2.05, 4.69) is 342 Å². The Hall–Kier alpha value is -9.62. The Kier molecular flexibility index (Phi) is 17.5. The normalized spacial score (nSPS) is 22.2. The van der Waals surface area contributed by atoms with Gasteiger partial charge in [0.1, 0.15) is 14.1 Å². The summed E-state index contributed by atoms with van der Waals surface area (Å²) in [6.07, 6.45) is 18.0. The molecule has 0 aliphatic carbocycles. The van der Waals surface area contributed by atoms with Gasteiger partial charge in [-0.3, -0.25) is 0 Å². The molecule has 0 amide bonds. The summed E-state index contributed by atoms with van der Waals surface area (Å²) in [4.78, 5) is 5.14. The van der Waals surface area contributed by atoms with Crippen LogP contribution in [0, 0.1) is 0 Å². The number of allylic oxidation sites excluding steroid dienone is 8. The Morgan fingerprint density at radius 1 is 0.317 bits per heavy atom. The van der Waals surface area contributed by atoms with Crippen molar-refractivity contribution >= 4 is 92.9 Å². The molecule has 4 nitrogen and oxygen atoms in total. The molecule has 0 bridgehead atoms. The molecule has 0 fully saturated rings. The van der Waals surface area contributed by atoms with E-state index >= 15 is 0 Å². The van der Waals surface area contributed by atoms with Gasteiger partial charge in [0, 0.05) is 82.1 Å². The number of benzene rings is 11. The SMILES string of the molecule is CCN1C(=CC=CC2=[N+](C)c3ccc4ccccc4c3C2(C)Cc2ccc(CC3(C)C(C=CC=C4N(CC)c5ccc6ccccc6c5C4(C)Cc4ccccc4)=[N+](C)c4ccc5ccccc5c43)cc2)C(C)(Cc2ccccc2)c2c1ccc1ccccc21.F[P-](F)(F)(F)(F)F.F[P-](F)(F)(F)(F)F. The molecule has 0 saturated heterocycles. The van der Waals surface area contributed by atoms with Crippen molar-refractivity contribution in [2.45, 2.75) is 88.9 Å². The van der Waals surface area contributed by atoms with E-state index in [-0.39, 0.29) is 21.7 Å². The van der Waals surface area contributed by atoms with Crippen LogP contribution in [0.25, 0.3) is 43.1 Å². The molecule has 11 aromatic carbocycles. The number of anilines is 2. The van der Waals surface area contributed by atoms with Crippen LogP contribution in [0.3, 0.4) is 0 Å². The number of rotatable bonds is 14. The Balaban J connectivity index is 0.000000626. The second-order valence-corrected chi connectivity index (χ2v) is 32.5. The molecule has 11 aromatic rings. The Morgan fingerprint density at radius 2 is 0.577 bits per heavy atom. The maximum absolute atomic E-state index is 10.7. The van der Waals surface area contributed by atoms with Gasteiger partial charge in [-0.25, -0.2) is 0 Å². The third kappa shape index (κ3) is 14.8. The molecule has 4 heterocycles. The molecule has 0 saturated carbocycles. The molecule has 4 atom stereocenters. The molecule has 0 spiro atoms. The fourth-order valence-electron chi connectivity index (χ4n) is 17.3. The van der Waals surface area contributed by atoms with Gasteiger partial charge < -0.3 is 9.80 Å². The summed E-state index contributed by atoms with van der Waals surface area (Å²) in [5.41, 5.74) is 20.2. The van der Waals surface area contributed by atoms with Gasteiger partial charge in [0.2, 0.25) is 11.4 Å². The maximum atomic E-state index is 9.87. The van der Waals surface area contributed by atoms with Crippen LogP contribution < -0.4 is 9.80 Å². The van der Waals surface area contributed by atoms with Gasteiger partial charge in [0.05, 0.1) is 10.8 Å². The molecule has 538 valence electrons. The summed E-state index contributed by atoms with van der Waals surface area (Å²) in [7, 11) is -16.8. The monoisotopic (exact) mass is 1460 g/mol. The van der Waals surface area contributed by atoms with Crippen molar-refractivity contribution < 1.29 is 59.5 Å². The van der Waals surface area contributed by atoms with Crippen molar-refractivity contribution in [3.63, 3.8) is 0 Å². The molecule has 18 heteroatoms. The van der Waals surface area contributed by atoms with Crippen molar-refractivity contribution in [1.82, 2.24) is 0 Å². The third-order valence-electron chi connectivity index (χ3n) is 21.3. The van der Waals surface area contributed by atoms with E-state index < -0.39 is 15.6 Å². The summed E-state index contributed by atoms with van der Waals surface area (Å²) < 4.78 is 123. The van der Waals surface area contributed by atoms with E-state index in [9.17, 15) is 50.4 Å².